The van der Waals surface area contributed by atoms with Gasteiger partial charge in [-0.3, -0.25) is 14.4 Å². The monoisotopic (exact) mass is 965 g/mol. The van der Waals surface area contributed by atoms with E-state index in [0.717, 1.165) is 20.8 Å². The highest BCUT2D eigenvalue weighted by atomic mass is 16.8. The lowest BCUT2D eigenvalue weighted by Crippen LogP contribution is -2.71. The van der Waals surface area contributed by atoms with Crippen molar-refractivity contribution in [2.75, 3.05) is 26.4 Å². The predicted molar refractivity (Wildman–Crippen MR) is 203 cm³/mol. The molecule has 4 saturated heterocycles. The molecule has 6 unspecified atom stereocenters. The van der Waals surface area contributed by atoms with Crippen molar-refractivity contribution in [2.24, 2.45) is 0 Å². The summed E-state index contributed by atoms with van der Waals surface area (Å²) in [6, 6.07) is -5.07. The Morgan fingerprint density at radius 2 is 1.06 bits per heavy atom. The van der Waals surface area contributed by atoms with Crippen molar-refractivity contribution in [1.29, 1.82) is 0 Å². The van der Waals surface area contributed by atoms with Gasteiger partial charge in [-0.05, 0) is 0 Å². The summed E-state index contributed by atoms with van der Waals surface area (Å²) in [6.45, 7) is -1.53. The molecule has 0 aromatic carbocycles. The first-order chi connectivity index (χ1) is 30.8. The molecule has 0 bridgehead atoms. The van der Waals surface area contributed by atoms with Gasteiger partial charge in [0.25, 0.3) is 11.6 Å². The molecule has 4 rings (SSSR count). The molecule has 30 heteroatoms. The van der Waals surface area contributed by atoms with Gasteiger partial charge in [-0.1, -0.05) is 0 Å². The highest BCUT2D eigenvalue weighted by Gasteiger charge is 2.61. The van der Waals surface area contributed by atoms with E-state index in [9.17, 15) is 101 Å². The molecule has 4 aliphatic rings. The third-order valence-corrected chi connectivity index (χ3v) is 11.4. The highest BCUT2D eigenvalue weighted by molar-refractivity contribution is 5.77. The Morgan fingerprint density at radius 3 is 1.50 bits per heavy atom. The average Bonchev–Trinajstić information content (AvgIpc) is 3.24. The Labute approximate surface area is 373 Å². The van der Waals surface area contributed by atoms with E-state index in [4.69, 9.17) is 33.2 Å². The van der Waals surface area contributed by atoms with Crippen LogP contribution in [0.25, 0.3) is 0 Å². The number of carboxylic acids is 2. The molecule has 0 aromatic heterocycles. The van der Waals surface area contributed by atoms with Crippen LogP contribution in [0, 0.1) is 0 Å². The normalized spacial score (nSPS) is 41.4. The number of aliphatic carboxylic acids is 2. The molecule has 4 aliphatic heterocycles. The molecule has 22 atom stereocenters. The summed E-state index contributed by atoms with van der Waals surface area (Å²) >= 11 is 0. The summed E-state index contributed by atoms with van der Waals surface area (Å²) in [5.74, 6) is -12.7. The van der Waals surface area contributed by atoms with Gasteiger partial charge in [0, 0.05) is 33.6 Å². The fraction of sp³-hybridized carbons (Fsp3) is 0.861. The molecule has 380 valence electrons. The third kappa shape index (κ3) is 12.0. The molecular weight excluding hydrogens is 906 g/mol. The maximum absolute atomic E-state index is 12.9. The summed E-state index contributed by atoms with van der Waals surface area (Å²) in [6.07, 6.45) is -38.0. The number of carbonyl (C=O) groups excluding carboxylic acids is 3. The Kier molecular flexibility index (Phi) is 19.0. The number of ether oxygens (including phenoxy) is 7. The van der Waals surface area contributed by atoms with E-state index in [1.165, 1.54) is 0 Å². The highest BCUT2D eigenvalue weighted by Crippen LogP contribution is 2.39. The minimum absolute atomic E-state index is 0.790. The zero-order valence-corrected chi connectivity index (χ0v) is 35.4. The average molecular weight is 966 g/mol. The van der Waals surface area contributed by atoms with Gasteiger partial charge in [-0.15, -0.1) is 0 Å². The van der Waals surface area contributed by atoms with E-state index in [1.807, 2.05) is 0 Å². The van der Waals surface area contributed by atoms with E-state index in [0.29, 0.717) is 0 Å². The largest absolute Gasteiger partial charge is 0.477 e. The van der Waals surface area contributed by atoms with Crippen LogP contribution in [0.1, 0.15) is 33.6 Å². The standard InChI is InChI=1S/C36H59N3O27/c1-10(43)37-19-13(46)4-35(33(56)57,64-28(19)22(50)15(48)6-40)60-9-18-25(53)27(21(31(55)61-18)39-12(3)45)63-32-26(54)30(24(52)17(8-42)62-32)66-36(34(58)59)5-14(47)20(38-11(2)44)29(65-36)23(51)16(49)7-41/h13-32,40-42,46-55H,4-9H2,1-3H3,(H,37,43)(H,38,44)(H,39,45)(H,56,57)(H,58,59)/t13-,14-,15-,16-,17?,18?,19-,20-,21?,22-,23-,24+,25+,26+,27-,28?,29?,30?,31+,32+,35-,36+/m1/s1. The molecule has 0 radical (unpaired) electrons. The second-order valence-electron chi connectivity index (χ2n) is 16.2. The van der Waals surface area contributed by atoms with Gasteiger partial charge < -0.3 is 126 Å². The summed E-state index contributed by atoms with van der Waals surface area (Å²) in [7, 11) is 0. The Balaban J connectivity index is 1.66. The van der Waals surface area contributed by atoms with E-state index in [-0.39, 0.29) is 0 Å². The van der Waals surface area contributed by atoms with Crippen LogP contribution in [0.5, 0.6) is 0 Å². The molecular formula is C36H59N3O27. The van der Waals surface area contributed by atoms with Crippen LogP contribution in [0.4, 0.5) is 0 Å². The number of nitrogens with one attached hydrogen (secondary N) is 3. The first-order valence-electron chi connectivity index (χ1n) is 20.3. The first kappa shape index (κ1) is 55.1. The third-order valence-electron chi connectivity index (χ3n) is 11.4. The molecule has 0 aliphatic carbocycles. The Bertz CT molecular complexity index is 1680. The van der Waals surface area contributed by atoms with E-state index < -0.39 is 203 Å². The molecule has 18 N–H and O–H groups in total. The number of carbonyl (C=O) groups is 5. The maximum Gasteiger partial charge on any atom is 0.364 e. The lowest BCUT2D eigenvalue weighted by molar-refractivity contribution is -0.382. The fourth-order valence-corrected chi connectivity index (χ4v) is 8.04. The number of rotatable bonds is 19. The summed E-state index contributed by atoms with van der Waals surface area (Å²) in [5.41, 5.74) is 0. The summed E-state index contributed by atoms with van der Waals surface area (Å²) < 4.78 is 39.1. The molecule has 30 nitrogen and oxygen atoms in total. The molecule has 4 heterocycles. The molecule has 0 saturated carbocycles. The zero-order chi connectivity index (χ0) is 49.7. The van der Waals surface area contributed by atoms with Crippen molar-refractivity contribution >= 4 is 29.7 Å². The van der Waals surface area contributed by atoms with E-state index >= 15 is 0 Å². The van der Waals surface area contributed by atoms with Gasteiger partial charge >= 0.3 is 11.9 Å². The number of hydrogen-bond acceptors (Lipinski definition) is 25. The van der Waals surface area contributed by atoms with Crippen LogP contribution >= 0.6 is 0 Å². The zero-order valence-electron chi connectivity index (χ0n) is 35.4. The number of aliphatic hydroxyl groups excluding tert-OH is 13. The van der Waals surface area contributed by atoms with Crippen molar-refractivity contribution in [3.63, 3.8) is 0 Å². The van der Waals surface area contributed by atoms with Gasteiger partial charge in [0.05, 0.1) is 50.7 Å². The number of hydrogen-bond donors (Lipinski definition) is 18. The predicted octanol–water partition coefficient (Wildman–Crippen LogP) is -10.9. The van der Waals surface area contributed by atoms with Crippen LogP contribution in [-0.2, 0) is 57.1 Å². The van der Waals surface area contributed by atoms with Gasteiger partial charge in [0.2, 0.25) is 17.7 Å². The van der Waals surface area contributed by atoms with E-state index in [2.05, 4.69) is 16.0 Å². The number of carboxylic acid groups (broad SMARTS) is 2. The minimum Gasteiger partial charge on any atom is -0.477 e. The quantitative estimate of drug-likeness (QED) is 0.0571. The molecule has 3 amide bonds. The van der Waals surface area contributed by atoms with Crippen LogP contribution in [-0.4, -0.2) is 267 Å². The summed E-state index contributed by atoms with van der Waals surface area (Å²) in [4.78, 5) is 61.8. The SMILES string of the molecule is CC(=O)NC1[C@@H](O[C@@H]2OC(CO)[C@H](O)C(O[C@]3(C(=O)O)C[C@@H](O)[C@@H](NC(C)=O)C([C@H](O)[C@H](O)CO)O3)[C@@H]2O)[C@@H](O)C(CO[C@]2(C(=O)O)C[C@@H](O)[C@@H](NC(C)=O)C([C@H](O)[C@H](O)CO)O2)O[C@@H]1O. The fourth-order valence-electron chi connectivity index (χ4n) is 8.04. The van der Waals surface area contributed by atoms with Crippen LogP contribution in [0.3, 0.4) is 0 Å². The second-order valence-corrected chi connectivity index (χ2v) is 16.2. The minimum atomic E-state index is -3.19. The Morgan fingerprint density at radius 1 is 0.621 bits per heavy atom. The van der Waals surface area contributed by atoms with Gasteiger partial charge in [0.15, 0.2) is 12.6 Å². The lowest BCUT2D eigenvalue weighted by Gasteiger charge is -2.51. The van der Waals surface area contributed by atoms with Crippen molar-refractivity contribution in [3.05, 3.63) is 0 Å². The second kappa shape index (κ2) is 22.8. The number of amides is 3. The lowest BCUT2D eigenvalue weighted by atomic mass is 9.88. The van der Waals surface area contributed by atoms with Crippen LogP contribution in [0.15, 0.2) is 0 Å². The molecule has 0 spiro atoms. The maximum atomic E-state index is 12.9. The smallest absolute Gasteiger partial charge is 0.364 e. The Hall–Kier alpha value is -3.45. The van der Waals surface area contributed by atoms with Crippen LogP contribution in [0.2, 0.25) is 0 Å². The molecule has 0 aromatic rings. The van der Waals surface area contributed by atoms with Gasteiger partial charge in [0.1, 0.15) is 85.4 Å². The van der Waals surface area contributed by atoms with Crippen molar-refractivity contribution in [1.82, 2.24) is 16.0 Å². The van der Waals surface area contributed by atoms with Crippen LogP contribution < -0.4 is 16.0 Å². The van der Waals surface area contributed by atoms with Crippen molar-refractivity contribution < 1.29 is 134 Å². The first-order valence-corrected chi connectivity index (χ1v) is 20.3. The summed E-state index contributed by atoms with van der Waals surface area (Å²) in [5, 5.41) is 166. The van der Waals surface area contributed by atoms with Gasteiger partial charge in [-0.25, -0.2) is 9.59 Å². The molecule has 66 heavy (non-hydrogen) atoms. The number of aliphatic hydroxyl groups is 13. The van der Waals surface area contributed by atoms with E-state index in [1.54, 1.807) is 0 Å². The van der Waals surface area contributed by atoms with Crippen molar-refractivity contribution in [2.45, 2.75) is 167 Å². The topological polar surface area (TPSA) is 490 Å². The van der Waals surface area contributed by atoms with Crippen molar-refractivity contribution in [3.8, 4) is 0 Å². The van der Waals surface area contributed by atoms with Gasteiger partial charge in [-0.2, -0.15) is 0 Å². The molecule has 4 fully saturated rings.